The van der Waals surface area contributed by atoms with E-state index in [1.807, 2.05) is 13.8 Å². The molecule has 27 heavy (non-hydrogen) atoms. The number of nitrogens with zero attached hydrogens (tertiary/aromatic N) is 3. The first-order valence-electron chi connectivity index (χ1n) is 10.0. The number of allylic oxidation sites excluding steroid dienone is 2. The highest BCUT2D eigenvalue weighted by atomic mass is 16.5. The van der Waals surface area contributed by atoms with Crippen molar-refractivity contribution in [2.75, 3.05) is 63.6 Å². The van der Waals surface area contributed by atoms with E-state index >= 15 is 0 Å². The number of piperazine rings is 1. The molecule has 0 aliphatic carbocycles. The van der Waals surface area contributed by atoms with Crippen molar-refractivity contribution < 1.29 is 4.74 Å². The van der Waals surface area contributed by atoms with Crippen LogP contribution in [0.2, 0.25) is 0 Å². The third-order valence-corrected chi connectivity index (χ3v) is 5.96. The molecule has 150 valence electrons. The maximum Gasteiger partial charge on any atom is 0.144 e. The molecule has 3 rings (SSSR count). The van der Waals surface area contributed by atoms with Gasteiger partial charge in [-0.05, 0) is 45.9 Å². The quantitative estimate of drug-likeness (QED) is 0.827. The molecule has 1 aromatic rings. The molecule has 6 nitrogen and oxygen atoms in total. The van der Waals surface area contributed by atoms with Crippen molar-refractivity contribution >= 4 is 11.4 Å². The average molecular weight is 374 g/mol. The van der Waals surface area contributed by atoms with Crippen LogP contribution in [-0.2, 0) is 0 Å². The van der Waals surface area contributed by atoms with Crippen LogP contribution in [-0.4, -0.2) is 69.3 Å². The first-order valence-corrected chi connectivity index (χ1v) is 10.0. The molecule has 0 bridgehead atoms. The summed E-state index contributed by atoms with van der Waals surface area (Å²) in [5.41, 5.74) is 9.81. The number of nitrogens with two attached hydrogens (primary N) is 1. The van der Waals surface area contributed by atoms with Crippen LogP contribution >= 0.6 is 0 Å². The van der Waals surface area contributed by atoms with Crippen molar-refractivity contribution in [2.45, 2.75) is 32.7 Å². The summed E-state index contributed by atoms with van der Waals surface area (Å²) in [6.45, 7) is 10.9. The number of anilines is 2. The van der Waals surface area contributed by atoms with Crippen molar-refractivity contribution in [3.8, 4) is 5.75 Å². The van der Waals surface area contributed by atoms with Gasteiger partial charge in [0.05, 0.1) is 12.8 Å². The Morgan fingerprint density at radius 3 is 2.33 bits per heavy atom. The Morgan fingerprint density at radius 2 is 1.74 bits per heavy atom. The summed E-state index contributed by atoms with van der Waals surface area (Å²) in [5, 5.41) is 3.35. The molecular formula is C21H35N5O. The number of hydrogen-bond acceptors (Lipinski definition) is 6. The molecule has 1 aromatic carbocycles. The summed E-state index contributed by atoms with van der Waals surface area (Å²) in [7, 11) is 3.97. The Morgan fingerprint density at radius 1 is 1.07 bits per heavy atom. The number of hydrogen-bond donors (Lipinski definition) is 2. The fourth-order valence-electron chi connectivity index (χ4n) is 3.99. The van der Waals surface area contributed by atoms with Crippen LogP contribution in [0.25, 0.3) is 0 Å². The Balaban J connectivity index is 1.62. The second kappa shape index (κ2) is 8.85. The lowest BCUT2D eigenvalue weighted by atomic mass is 10.0. The van der Waals surface area contributed by atoms with Gasteiger partial charge in [-0.2, -0.15) is 0 Å². The fraction of sp³-hybridized carbons (Fsp3) is 0.619. The summed E-state index contributed by atoms with van der Waals surface area (Å²) in [6.07, 6.45) is 2.45. The minimum Gasteiger partial charge on any atom is -0.495 e. The number of methoxy groups -OCH3 is 1. The van der Waals surface area contributed by atoms with Gasteiger partial charge in [0.1, 0.15) is 5.75 Å². The minimum atomic E-state index is 0.724. The number of piperidine rings is 1. The number of ether oxygens (including phenoxy) is 1. The predicted molar refractivity (Wildman–Crippen MR) is 113 cm³/mol. The van der Waals surface area contributed by atoms with Crippen LogP contribution in [0.5, 0.6) is 5.75 Å². The van der Waals surface area contributed by atoms with E-state index in [0.29, 0.717) is 0 Å². The van der Waals surface area contributed by atoms with Crippen molar-refractivity contribution in [1.29, 1.82) is 0 Å². The first-order chi connectivity index (χ1) is 13.0. The topological polar surface area (TPSA) is 57.0 Å². The molecule has 0 atom stereocenters. The summed E-state index contributed by atoms with van der Waals surface area (Å²) in [6, 6.07) is 7.06. The van der Waals surface area contributed by atoms with Crippen LogP contribution < -0.4 is 20.7 Å². The van der Waals surface area contributed by atoms with E-state index in [0.717, 1.165) is 42.0 Å². The molecule has 2 aliphatic heterocycles. The van der Waals surface area contributed by atoms with Gasteiger partial charge in [0.2, 0.25) is 0 Å². The molecular weight excluding hydrogens is 338 g/mol. The second-order valence-corrected chi connectivity index (χ2v) is 7.88. The lowest BCUT2D eigenvalue weighted by molar-refractivity contribution is 0.0981. The number of nitrogens with one attached hydrogen (secondary N) is 1. The van der Waals surface area contributed by atoms with Crippen LogP contribution in [0, 0.1) is 0 Å². The molecule has 0 amide bonds. The van der Waals surface area contributed by atoms with Crippen LogP contribution in [0.3, 0.4) is 0 Å². The lowest BCUT2D eigenvalue weighted by Gasteiger charge is -2.42. The van der Waals surface area contributed by atoms with Crippen molar-refractivity contribution in [1.82, 2.24) is 9.80 Å². The molecule has 0 saturated carbocycles. The van der Waals surface area contributed by atoms with E-state index in [1.165, 1.54) is 44.7 Å². The molecule has 0 aromatic heterocycles. The first kappa shape index (κ1) is 19.8. The van der Waals surface area contributed by atoms with Gasteiger partial charge in [0.25, 0.3) is 0 Å². The molecule has 2 fully saturated rings. The molecule has 2 heterocycles. The van der Waals surface area contributed by atoms with E-state index in [2.05, 4.69) is 45.3 Å². The van der Waals surface area contributed by atoms with Crippen molar-refractivity contribution in [2.24, 2.45) is 5.73 Å². The molecule has 0 radical (unpaired) electrons. The number of rotatable bonds is 5. The molecule has 6 heteroatoms. The highest BCUT2D eigenvalue weighted by Crippen LogP contribution is 2.34. The van der Waals surface area contributed by atoms with Gasteiger partial charge in [-0.15, -0.1) is 0 Å². The van der Waals surface area contributed by atoms with Gasteiger partial charge in [0, 0.05) is 68.5 Å². The molecule has 2 saturated heterocycles. The average Bonchev–Trinajstić information content (AvgIpc) is 2.68. The van der Waals surface area contributed by atoms with E-state index in [1.54, 1.807) is 7.11 Å². The van der Waals surface area contributed by atoms with Crippen molar-refractivity contribution in [3.63, 3.8) is 0 Å². The highest BCUT2D eigenvalue weighted by molar-refractivity contribution is 5.66. The maximum absolute atomic E-state index is 5.85. The SMILES string of the molecule is COc1cc(N/C(C)=C(/C)N)ccc1N1CCC(N2CCN(C)CC2)CC1. The fourth-order valence-corrected chi connectivity index (χ4v) is 3.99. The maximum atomic E-state index is 5.85. The lowest BCUT2D eigenvalue weighted by Crippen LogP contribution is -2.52. The zero-order chi connectivity index (χ0) is 19.4. The van der Waals surface area contributed by atoms with E-state index in [-0.39, 0.29) is 0 Å². The van der Waals surface area contributed by atoms with E-state index in [9.17, 15) is 0 Å². The van der Waals surface area contributed by atoms with Crippen LogP contribution in [0.1, 0.15) is 26.7 Å². The van der Waals surface area contributed by atoms with Gasteiger partial charge in [-0.1, -0.05) is 0 Å². The van der Waals surface area contributed by atoms with Gasteiger partial charge in [-0.25, -0.2) is 0 Å². The Labute approximate surface area is 163 Å². The molecule has 0 spiro atoms. The van der Waals surface area contributed by atoms with Crippen LogP contribution in [0.4, 0.5) is 11.4 Å². The standard InChI is InChI=1S/C21H35N5O/c1-16(22)17(2)23-18-5-6-20(21(15-18)27-4)26-9-7-19(8-10-26)25-13-11-24(3)12-14-25/h5-6,15,19,23H,7-14,22H2,1-4H3/b17-16-. The van der Waals surface area contributed by atoms with Crippen LogP contribution in [0.15, 0.2) is 29.6 Å². The number of likely N-dealkylation sites (N-methyl/N-ethyl adjacent to an activating group) is 1. The molecule has 0 unspecified atom stereocenters. The smallest absolute Gasteiger partial charge is 0.144 e. The minimum absolute atomic E-state index is 0.724. The zero-order valence-electron chi connectivity index (χ0n) is 17.3. The summed E-state index contributed by atoms with van der Waals surface area (Å²) in [5.74, 6) is 0.917. The van der Waals surface area contributed by atoms with Gasteiger partial charge in [-0.3, -0.25) is 4.90 Å². The van der Waals surface area contributed by atoms with E-state index in [4.69, 9.17) is 10.5 Å². The number of benzene rings is 1. The second-order valence-electron chi connectivity index (χ2n) is 7.88. The monoisotopic (exact) mass is 373 g/mol. The van der Waals surface area contributed by atoms with E-state index < -0.39 is 0 Å². The zero-order valence-corrected chi connectivity index (χ0v) is 17.3. The Bertz CT molecular complexity index is 655. The van der Waals surface area contributed by atoms with Gasteiger partial charge in [0.15, 0.2) is 0 Å². The third-order valence-electron chi connectivity index (χ3n) is 5.96. The normalized spacial score (nSPS) is 21.1. The Hall–Kier alpha value is -1.92. The molecule has 2 aliphatic rings. The van der Waals surface area contributed by atoms with Crippen molar-refractivity contribution in [3.05, 3.63) is 29.6 Å². The Kier molecular flexibility index (Phi) is 6.50. The summed E-state index contributed by atoms with van der Waals surface area (Å²) in [4.78, 5) is 7.58. The van der Waals surface area contributed by atoms with Gasteiger partial charge >= 0.3 is 0 Å². The highest BCUT2D eigenvalue weighted by Gasteiger charge is 2.27. The predicted octanol–water partition coefficient (Wildman–Crippen LogP) is 2.53. The third kappa shape index (κ3) is 4.87. The van der Waals surface area contributed by atoms with Gasteiger partial charge < -0.3 is 25.6 Å². The largest absolute Gasteiger partial charge is 0.495 e. The summed E-state index contributed by atoms with van der Waals surface area (Å²) >= 11 is 0. The summed E-state index contributed by atoms with van der Waals surface area (Å²) < 4.78 is 5.69. The molecule has 3 N–H and O–H groups in total.